The molecule has 3 nitrogen and oxygen atoms in total. The van der Waals surface area contributed by atoms with Crippen molar-refractivity contribution in [2.24, 2.45) is 0 Å². The van der Waals surface area contributed by atoms with Gasteiger partial charge in [-0.2, -0.15) is 5.26 Å². The van der Waals surface area contributed by atoms with Gasteiger partial charge in [0, 0.05) is 19.2 Å². The van der Waals surface area contributed by atoms with Crippen molar-refractivity contribution < 1.29 is 4.79 Å². The van der Waals surface area contributed by atoms with Crippen molar-refractivity contribution in [2.75, 3.05) is 13.1 Å². The van der Waals surface area contributed by atoms with Gasteiger partial charge < -0.3 is 4.90 Å². The van der Waals surface area contributed by atoms with Crippen LogP contribution in [-0.4, -0.2) is 23.9 Å². The average molecular weight is 228 g/mol. The molecule has 0 unspecified atom stereocenters. The van der Waals surface area contributed by atoms with Gasteiger partial charge in [-0.1, -0.05) is 12.1 Å². The SMILES string of the molecule is CCN(CC)C(=O)/C=C\c1ccc(C#N)cc1. The third-order valence-corrected chi connectivity index (χ3v) is 2.53. The van der Waals surface area contributed by atoms with Gasteiger partial charge >= 0.3 is 0 Å². The second kappa shape index (κ2) is 6.49. The van der Waals surface area contributed by atoms with Crippen LogP contribution in [0, 0.1) is 11.3 Å². The molecule has 0 aliphatic heterocycles. The van der Waals surface area contributed by atoms with Crippen molar-refractivity contribution in [3.63, 3.8) is 0 Å². The molecule has 0 fully saturated rings. The van der Waals surface area contributed by atoms with Crippen LogP contribution in [0.25, 0.3) is 6.08 Å². The zero-order chi connectivity index (χ0) is 12.7. The number of hydrogen-bond acceptors (Lipinski definition) is 2. The number of carbonyl (C=O) groups excluding carboxylic acids is 1. The van der Waals surface area contributed by atoms with Gasteiger partial charge in [0.05, 0.1) is 11.6 Å². The molecule has 1 amide bonds. The van der Waals surface area contributed by atoms with E-state index in [0.717, 1.165) is 5.56 Å². The monoisotopic (exact) mass is 228 g/mol. The number of nitrogens with zero attached hydrogens (tertiary/aromatic N) is 2. The lowest BCUT2D eigenvalue weighted by Gasteiger charge is -2.15. The molecule has 0 atom stereocenters. The molecule has 0 aliphatic rings. The summed E-state index contributed by atoms with van der Waals surface area (Å²) >= 11 is 0. The summed E-state index contributed by atoms with van der Waals surface area (Å²) in [6, 6.07) is 9.18. The quantitative estimate of drug-likeness (QED) is 0.743. The molecule has 0 saturated heterocycles. The highest BCUT2D eigenvalue weighted by molar-refractivity contribution is 5.91. The number of carbonyl (C=O) groups is 1. The van der Waals surface area contributed by atoms with Crippen LogP contribution in [0.1, 0.15) is 25.0 Å². The predicted molar refractivity (Wildman–Crippen MR) is 68.1 cm³/mol. The van der Waals surface area contributed by atoms with Crippen LogP contribution >= 0.6 is 0 Å². The van der Waals surface area contributed by atoms with E-state index in [1.807, 2.05) is 26.0 Å². The molecular weight excluding hydrogens is 212 g/mol. The first-order chi connectivity index (χ1) is 8.21. The normalized spacial score (nSPS) is 10.2. The summed E-state index contributed by atoms with van der Waals surface area (Å²) in [4.78, 5) is 13.4. The molecule has 0 bridgehead atoms. The van der Waals surface area contributed by atoms with E-state index >= 15 is 0 Å². The van der Waals surface area contributed by atoms with E-state index in [2.05, 4.69) is 6.07 Å². The van der Waals surface area contributed by atoms with E-state index in [9.17, 15) is 4.79 Å². The lowest BCUT2D eigenvalue weighted by Crippen LogP contribution is -2.28. The molecule has 0 aromatic heterocycles. The van der Waals surface area contributed by atoms with Gasteiger partial charge in [0.25, 0.3) is 0 Å². The molecule has 88 valence electrons. The third kappa shape index (κ3) is 3.76. The Bertz CT molecular complexity index is 436. The zero-order valence-electron chi connectivity index (χ0n) is 10.2. The Balaban J connectivity index is 2.70. The molecule has 1 aromatic carbocycles. The van der Waals surface area contributed by atoms with E-state index < -0.39 is 0 Å². The van der Waals surface area contributed by atoms with Gasteiger partial charge in [-0.05, 0) is 37.6 Å². The van der Waals surface area contributed by atoms with Crippen LogP contribution < -0.4 is 0 Å². The fourth-order valence-corrected chi connectivity index (χ4v) is 1.48. The smallest absolute Gasteiger partial charge is 0.246 e. The lowest BCUT2D eigenvalue weighted by molar-refractivity contribution is -0.125. The highest BCUT2D eigenvalue weighted by Crippen LogP contribution is 2.05. The molecule has 0 spiro atoms. The Morgan fingerprint density at radius 1 is 1.29 bits per heavy atom. The minimum Gasteiger partial charge on any atom is -0.340 e. The number of benzene rings is 1. The maximum atomic E-state index is 11.7. The second-order valence-corrected chi connectivity index (χ2v) is 3.58. The Hall–Kier alpha value is -2.08. The van der Waals surface area contributed by atoms with Gasteiger partial charge in [-0.3, -0.25) is 4.79 Å². The largest absolute Gasteiger partial charge is 0.340 e. The predicted octanol–water partition coefficient (Wildman–Crippen LogP) is 2.44. The van der Waals surface area contributed by atoms with Crippen molar-refractivity contribution in [1.82, 2.24) is 4.90 Å². The number of rotatable bonds is 4. The Labute approximate surface area is 102 Å². The van der Waals surface area contributed by atoms with E-state index in [0.29, 0.717) is 18.7 Å². The van der Waals surface area contributed by atoms with Crippen molar-refractivity contribution in [3.8, 4) is 6.07 Å². The summed E-state index contributed by atoms with van der Waals surface area (Å²) in [6.45, 7) is 5.34. The highest BCUT2D eigenvalue weighted by atomic mass is 16.2. The van der Waals surface area contributed by atoms with Gasteiger partial charge in [-0.25, -0.2) is 0 Å². The molecule has 0 N–H and O–H groups in total. The molecule has 0 radical (unpaired) electrons. The maximum absolute atomic E-state index is 11.7. The fraction of sp³-hybridized carbons (Fsp3) is 0.286. The van der Waals surface area contributed by atoms with Crippen LogP contribution in [0.5, 0.6) is 0 Å². The Morgan fingerprint density at radius 3 is 2.35 bits per heavy atom. The minimum absolute atomic E-state index is 0.0133. The lowest BCUT2D eigenvalue weighted by atomic mass is 10.1. The summed E-state index contributed by atoms with van der Waals surface area (Å²) < 4.78 is 0. The Morgan fingerprint density at radius 2 is 1.88 bits per heavy atom. The van der Waals surface area contributed by atoms with Crippen LogP contribution in [0.4, 0.5) is 0 Å². The van der Waals surface area contributed by atoms with E-state index in [1.165, 1.54) is 0 Å². The highest BCUT2D eigenvalue weighted by Gasteiger charge is 2.04. The van der Waals surface area contributed by atoms with Crippen LogP contribution in [-0.2, 0) is 4.79 Å². The second-order valence-electron chi connectivity index (χ2n) is 3.58. The minimum atomic E-state index is 0.0133. The van der Waals surface area contributed by atoms with Crippen LogP contribution in [0.15, 0.2) is 30.3 Å². The van der Waals surface area contributed by atoms with Crippen molar-refractivity contribution >= 4 is 12.0 Å². The van der Waals surface area contributed by atoms with Gasteiger partial charge in [0.15, 0.2) is 0 Å². The first-order valence-electron chi connectivity index (χ1n) is 5.68. The zero-order valence-corrected chi connectivity index (χ0v) is 10.2. The summed E-state index contributed by atoms with van der Waals surface area (Å²) in [7, 11) is 0. The molecule has 0 aliphatic carbocycles. The molecule has 0 saturated carbocycles. The summed E-state index contributed by atoms with van der Waals surface area (Å²) in [5.74, 6) is 0.0133. The van der Waals surface area contributed by atoms with Gasteiger partial charge in [0.1, 0.15) is 0 Å². The topological polar surface area (TPSA) is 44.1 Å². The number of hydrogen-bond donors (Lipinski definition) is 0. The summed E-state index contributed by atoms with van der Waals surface area (Å²) in [5.41, 5.74) is 1.54. The third-order valence-electron chi connectivity index (χ3n) is 2.53. The number of nitriles is 1. The Kier molecular flexibility index (Phi) is 4.96. The molecular formula is C14H16N2O. The standard InChI is InChI=1S/C14H16N2O/c1-3-16(4-2)14(17)10-9-12-5-7-13(11-15)8-6-12/h5-10H,3-4H2,1-2H3/b10-9-. The molecule has 1 aromatic rings. The first kappa shape index (κ1) is 13.0. The molecule has 1 rings (SSSR count). The fourth-order valence-electron chi connectivity index (χ4n) is 1.48. The van der Waals surface area contributed by atoms with E-state index in [4.69, 9.17) is 5.26 Å². The first-order valence-corrected chi connectivity index (χ1v) is 5.68. The van der Waals surface area contributed by atoms with Crippen molar-refractivity contribution in [1.29, 1.82) is 5.26 Å². The molecule has 17 heavy (non-hydrogen) atoms. The van der Waals surface area contributed by atoms with E-state index in [-0.39, 0.29) is 5.91 Å². The maximum Gasteiger partial charge on any atom is 0.246 e. The van der Waals surface area contributed by atoms with Gasteiger partial charge in [-0.15, -0.1) is 0 Å². The molecule has 0 heterocycles. The van der Waals surface area contributed by atoms with Crippen LogP contribution in [0.2, 0.25) is 0 Å². The van der Waals surface area contributed by atoms with Gasteiger partial charge in [0.2, 0.25) is 5.91 Å². The van der Waals surface area contributed by atoms with Crippen molar-refractivity contribution in [3.05, 3.63) is 41.5 Å². The average Bonchev–Trinajstić information content (AvgIpc) is 2.38. The van der Waals surface area contributed by atoms with Crippen molar-refractivity contribution in [2.45, 2.75) is 13.8 Å². The molecule has 3 heteroatoms. The summed E-state index contributed by atoms with van der Waals surface area (Å²) in [6.07, 6.45) is 3.33. The van der Waals surface area contributed by atoms with E-state index in [1.54, 1.807) is 29.2 Å². The number of likely N-dealkylation sites (N-methyl/N-ethyl adjacent to an activating group) is 1. The van der Waals surface area contributed by atoms with Crippen LogP contribution in [0.3, 0.4) is 0 Å². The number of amides is 1. The summed E-state index contributed by atoms with van der Waals surface area (Å²) in [5, 5.41) is 8.65.